The molecule has 3 rings (SSSR count). The van der Waals surface area contributed by atoms with Crippen molar-refractivity contribution >= 4 is 21.4 Å². The molecule has 1 saturated heterocycles. The van der Waals surface area contributed by atoms with Crippen molar-refractivity contribution in [2.24, 2.45) is 0 Å². The van der Waals surface area contributed by atoms with E-state index in [2.05, 4.69) is 6.07 Å². The number of rotatable bonds is 6. The zero-order valence-electron chi connectivity index (χ0n) is 15.7. The molecule has 2 aromatic rings. The second-order valence-corrected chi connectivity index (χ2v) is 9.88. The van der Waals surface area contributed by atoms with Crippen molar-refractivity contribution in [3.8, 4) is 0 Å². The second kappa shape index (κ2) is 8.21. The van der Waals surface area contributed by atoms with Crippen LogP contribution < -0.4 is 0 Å². The Hall–Kier alpha value is -1.21. The second-order valence-electron chi connectivity index (χ2n) is 7.02. The van der Waals surface area contributed by atoms with Gasteiger partial charge in [-0.1, -0.05) is 23.8 Å². The van der Waals surface area contributed by atoms with Crippen molar-refractivity contribution in [2.75, 3.05) is 19.8 Å². The molecule has 2 heterocycles. The highest BCUT2D eigenvalue weighted by Gasteiger charge is 2.34. The third-order valence-corrected chi connectivity index (χ3v) is 8.12. The lowest BCUT2D eigenvalue weighted by molar-refractivity contribution is 0.0587. The summed E-state index contributed by atoms with van der Waals surface area (Å²) in [5.74, 6) is 0. The Morgan fingerprint density at radius 2 is 1.81 bits per heavy atom. The summed E-state index contributed by atoms with van der Waals surface area (Å²) in [7, 11) is -3.55. The maximum absolute atomic E-state index is 13.6. The number of nitrogens with zero attached hydrogens (tertiary/aromatic N) is 1. The van der Waals surface area contributed by atoms with Crippen LogP contribution in [0.3, 0.4) is 0 Å². The molecule has 0 saturated carbocycles. The molecule has 0 spiro atoms. The summed E-state index contributed by atoms with van der Waals surface area (Å²) in [6.45, 7) is 7.56. The lowest BCUT2D eigenvalue weighted by Crippen LogP contribution is -2.44. The lowest BCUT2D eigenvalue weighted by atomic mass is 10.1. The number of hydrogen-bond donors (Lipinski definition) is 0. The molecule has 1 aliphatic rings. The molecule has 0 radical (unpaired) electrons. The van der Waals surface area contributed by atoms with Gasteiger partial charge in [0, 0.05) is 30.7 Å². The highest BCUT2D eigenvalue weighted by atomic mass is 32.2. The summed E-state index contributed by atoms with van der Waals surface area (Å²) < 4.78 is 34.5. The molecule has 1 aromatic carbocycles. The highest BCUT2D eigenvalue weighted by Crippen LogP contribution is 2.29. The number of sulfonamides is 1. The Kier molecular flexibility index (Phi) is 6.17. The average molecular weight is 394 g/mol. The van der Waals surface area contributed by atoms with Crippen molar-refractivity contribution in [3.63, 3.8) is 0 Å². The van der Waals surface area contributed by atoms with Gasteiger partial charge in [-0.25, -0.2) is 8.42 Å². The third kappa shape index (κ3) is 4.19. The molecule has 0 aliphatic carbocycles. The van der Waals surface area contributed by atoms with Crippen LogP contribution in [-0.4, -0.2) is 38.5 Å². The van der Waals surface area contributed by atoms with Crippen molar-refractivity contribution in [1.82, 2.24) is 4.31 Å². The molecule has 1 fully saturated rings. The van der Waals surface area contributed by atoms with Crippen LogP contribution in [0.2, 0.25) is 0 Å². The normalized spacial score (nSPS) is 16.3. The predicted molar refractivity (Wildman–Crippen MR) is 106 cm³/mol. The van der Waals surface area contributed by atoms with E-state index in [1.54, 1.807) is 15.6 Å². The molecule has 0 atom stereocenters. The van der Waals surface area contributed by atoms with Crippen LogP contribution in [0, 0.1) is 20.8 Å². The fourth-order valence-corrected chi connectivity index (χ4v) is 6.64. The zero-order chi connectivity index (χ0) is 18.7. The van der Waals surface area contributed by atoms with Crippen molar-refractivity contribution in [3.05, 3.63) is 51.2 Å². The third-order valence-electron chi connectivity index (χ3n) is 4.93. The van der Waals surface area contributed by atoms with E-state index in [-0.39, 0.29) is 6.04 Å². The standard InChI is InChI=1S/C20H27NO3S2/c1-15-13-16(2)20(17(3)14-15)26(22,23)21(18-7-10-24-11-8-18)9-6-19-5-4-12-25-19/h4-5,12-14,18H,6-11H2,1-3H3. The summed E-state index contributed by atoms with van der Waals surface area (Å²) in [5, 5.41) is 2.04. The van der Waals surface area contributed by atoms with E-state index in [1.807, 2.05) is 44.4 Å². The molecule has 142 valence electrons. The summed E-state index contributed by atoms with van der Waals surface area (Å²) in [6, 6.07) is 8.01. The quantitative estimate of drug-likeness (QED) is 0.743. The largest absolute Gasteiger partial charge is 0.381 e. The molecule has 1 aromatic heterocycles. The number of benzene rings is 1. The van der Waals surface area contributed by atoms with Crippen LogP contribution in [0.1, 0.15) is 34.4 Å². The number of thiophene rings is 1. The SMILES string of the molecule is Cc1cc(C)c(S(=O)(=O)N(CCc2cccs2)C2CCOCC2)c(C)c1. The van der Waals surface area contributed by atoms with Crippen LogP contribution in [0.4, 0.5) is 0 Å². The molecule has 6 heteroatoms. The van der Waals surface area contributed by atoms with E-state index >= 15 is 0 Å². The van der Waals surface area contributed by atoms with E-state index in [1.165, 1.54) is 4.88 Å². The van der Waals surface area contributed by atoms with Crippen LogP contribution in [0.5, 0.6) is 0 Å². The Labute approximate surface area is 160 Å². The van der Waals surface area contributed by atoms with Gasteiger partial charge < -0.3 is 4.74 Å². The Morgan fingerprint density at radius 3 is 2.38 bits per heavy atom. The monoisotopic (exact) mass is 393 g/mol. The van der Waals surface area contributed by atoms with Crippen molar-refractivity contribution < 1.29 is 13.2 Å². The minimum atomic E-state index is -3.55. The minimum Gasteiger partial charge on any atom is -0.381 e. The van der Waals surface area contributed by atoms with Gasteiger partial charge in [0.05, 0.1) is 4.90 Å². The van der Waals surface area contributed by atoms with Gasteiger partial charge in [-0.3, -0.25) is 0 Å². The fourth-order valence-electron chi connectivity index (χ4n) is 3.84. The Balaban J connectivity index is 1.96. The first kappa shape index (κ1) is 19.5. The average Bonchev–Trinajstić information content (AvgIpc) is 3.08. The van der Waals surface area contributed by atoms with Crippen LogP contribution >= 0.6 is 11.3 Å². The summed E-state index contributed by atoms with van der Waals surface area (Å²) in [4.78, 5) is 1.69. The highest BCUT2D eigenvalue weighted by molar-refractivity contribution is 7.89. The molecule has 26 heavy (non-hydrogen) atoms. The van der Waals surface area contributed by atoms with Gasteiger partial charge in [-0.2, -0.15) is 4.31 Å². The summed E-state index contributed by atoms with van der Waals surface area (Å²) >= 11 is 1.68. The first-order valence-electron chi connectivity index (χ1n) is 9.09. The minimum absolute atomic E-state index is 0.00816. The smallest absolute Gasteiger partial charge is 0.243 e. The van der Waals surface area contributed by atoms with E-state index in [9.17, 15) is 8.42 Å². The van der Waals surface area contributed by atoms with Gasteiger partial charge in [0.25, 0.3) is 0 Å². The Morgan fingerprint density at radius 1 is 1.15 bits per heavy atom. The van der Waals surface area contributed by atoms with Gasteiger partial charge >= 0.3 is 0 Å². The van der Waals surface area contributed by atoms with E-state index in [0.29, 0.717) is 24.7 Å². The molecule has 0 amide bonds. The van der Waals surface area contributed by atoms with E-state index in [4.69, 9.17) is 4.74 Å². The molecule has 4 nitrogen and oxygen atoms in total. The lowest BCUT2D eigenvalue weighted by Gasteiger charge is -2.34. The maximum atomic E-state index is 13.6. The fraction of sp³-hybridized carbons (Fsp3) is 0.500. The van der Waals surface area contributed by atoms with Gasteiger partial charge in [0.15, 0.2) is 0 Å². The van der Waals surface area contributed by atoms with E-state index in [0.717, 1.165) is 36.0 Å². The van der Waals surface area contributed by atoms with Gasteiger partial charge in [0.1, 0.15) is 0 Å². The molecular weight excluding hydrogens is 366 g/mol. The molecule has 0 bridgehead atoms. The summed E-state index contributed by atoms with van der Waals surface area (Å²) in [5.41, 5.74) is 2.75. The van der Waals surface area contributed by atoms with Crippen LogP contribution in [0.15, 0.2) is 34.5 Å². The number of hydrogen-bond acceptors (Lipinski definition) is 4. The molecule has 0 N–H and O–H groups in total. The first-order chi connectivity index (χ1) is 12.4. The maximum Gasteiger partial charge on any atom is 0.243 e. The number of ether oxygens (including phenoxy) is 1. The molecule has 1 aliphatic heterocycles. The van der Waals surface area contributed by atoms with Gasteiger partial charge in [-0.05, 0) is 62.6 Å². The summed E-state index contributed by atoms with van der Waals surface area (Å²) in [6.07, 6.45) is 2.26. The molecule has 0 unspecified atom stereocenters. The van der Waals surface area contributed by atoms with Crippen molar-refractivity contribution in [1.29, 1.82) is 0 Å². The predicted octanol–water partition coefficient (Wildman–Crippen LogP) is 4.09. The topological polar surface area (TPSA) is 46.6 Å². The zero-order valence-corrected chi connectivity index (χ0v) is 17.3. The van der Waals surface area contributed by atoms with Crippen LogP contribution in [-0.2, 0) is 21.2 Å². The first-order valence-corrected chi connectivity index (χ1v) is 11.4. The van der Waals surface area contributed by atoms with Crippen LogP contribution in [0.25, 0.3) is 0 Å². The van der Waals surface area contributed by atoms with Gasteiger partial charge in [0.2, 0.25) is 10.0 Å². The van der Waals surface area contributed by atoms with E-state index < -0.39 is 10.0 Å². The van der Waals surface area contributed by atoms with Gasteiger partial charge in [-0.15, -0.1) is 11.3 Å². The van der Waals surface area contributed by atoms with Crippen molar-refractivity contribution in [2.45, 2.75) is 51.0 Å². The Bertz CT molecular complexity index is 815. The molecular formula is C20H27NO3S2. The number of aryl methyl sites for hydroxylation is 3.